The highest BCUT2D eigenvalue weighted by molar-refractivity contribution is 6.33. The minimum absolute atomic E-state index is 0.186. The van der Waals surface area contributed by atoms with Crippen molar-refractivity contribution in [2.45, 2.75) is 40.0 Å². The summed E-state index contributed by atoms with van der Waals surface area (Å²) in [4.78, 5) is 11.4. The van der Waals surface area contributed by atoms with Crippen LogP contribution in [0, 0.1) is 11.3 Å². The summed E-state index contributed by atoms with van der Waals surface area (Å²) < 4.78 is 1.34. The number of carbonyl (C=O) groups is 1. The molecule has 1 aliphatic rings. The van der Waals surface area contributed by atoms with E-state index in [1.807, 2.05) is 12.1 Å². The molecule has 126 valence electrons. The molecule has 1 heterocycles. The van der Waals surface area contributed by atoms with Gasteiger partial charge in [0.25, 0.3) is 0 Å². The number of halogens is 1. The van der Waals surface area contributed by atoms with Crippen LogP contribution in [-0.2, 0) is 0 Å². The molecule has 2 aromatic rings. The SMILES string of the molecule is C1=CCCC=C1.CC(=O)n1c(Cl)c(C#N)c2ccccc21.CCC. The second-order valence-corrected chi connectivity index (χ2v) is 5.65. The highest BCUT2D eigenvalue weighted by Gasteiger charge is 2.16. The van der Waals surface area contributed by atoms with Gasteiger partial charge in [-0.05, 0) is 18.9 Å². The molecule has 3 nitrogen and oxygen atoms in total. The zero-order valence-electron chi connectivity index (χ0n) is 14.4. The average Bonchev–Trinajstić information content (AvgIpc) is 2.89. The summed E-state index contributed by atoms with van der Waals surface area (Å²) in [6.07, 6.45) is 12.2. The molecule has 0 N–H and O–H groups in total. The Morgan fingerprint density at radius 1 is 1.21 bits per heavy atom. The van der Waals surface area contributed by atoms with Crippen molar-refractivity contribution >= 4 is 28.4 Å². The predicted molar refractivity (Wildman–Crippen MR) is 101 cm³/mol. The Kier molecular flexibility index (Phi) is 8.60. The van der Waals surface area contributed by atoms with Crippen LogP contribution in [0.5, 0.6) is 0 Å². The van der Waals surface area contributed by atoms with Crippen molar-refractivity contribution in [2.24, 2.45) is 0 Å². The molecule has 4 heteroatoms. The first-order valence-corrected chi connectivity index (χ1v) is 8.47. The smallest absolute Gasteiger partial charge is 0.229 e. The molecule has 3 rings (SSSR count). The minimum Gasteiger partial charge on any atom is -0.274 e. The first-order valence-electron chi connectivity index (χ1n) is 8.10. The first kappa shape index (κ1) is 19.7. The maximum Gasteiger partial charge on any atom is 0.229 e. The van der Waals surface area contributed by atoms with Crippen LogP contribution in [0.25, 0.3) is 10.9 Å². The number of hydrogen-bond acceptors (Lipinski definition) is 2. The van der Waals surface area contributed by atoms with E-state index in [-0.39, 0.29) is 11.1 Å². The Morgan fingerprint density at radius 2 is 1.75 bits per heavy atom. The topological polar surface area (TPSA) is 45.8 Å². The lowest BCUT2D eigenvalue weighted by molar-refractivity contribution is 0.0942. The molecule has 0 radical (unpaired) electrons. The van der Waals surface area contributed by atoms with Gasteiger partial charge in [0.15, 0.2) is 0 Å². The van der Waals surface area contributed by atoms with Crippen LogP contribution in [-0.4, -0.2) is 10.5 Å². The molecule has 0 unspecified atom stereocenters. The quantitative estimate of drug-likeness (QED) is 0.577. The molecule has 0 amide bonds. The van der Waals surface area contributed by atoms with E-state index in [1.165, 1.54) is 30.8 Å². The van der Waals surface area contributed by atoms with Crippen molar-refractivity contribution in [1.82, 2.24) is 4.57 Å². The van der Waals surface area contributed by atoms with Crippen molar-refractivity contribution in [3.8, 4) is 6.07 Å². The van der Waals surface area contributed by atoms with Crippen molar-refractivity contribution in [3.05, 3.63) is 59.3 Å². The molecule has 0 bridgehead atoms. The Bertz CT molecular complexity index is 767. The van der Waals surface area contributed by atoms with Gasteiger partial charge < -0.3 is 0 Å². The van der Waals surface area contributed by atoms with Gasteiger partial charge in [0.1, 0.15) is 11.2 Å². The predicted octanol–water partition coefficient (Wildman–Crippen LogP) is 6.14. The van der Waals surface area contributed by atoms with Gasteiger partial charge in [-0.2, -0.15) is 5.26 Å². The van der Waals surface area contributed by atoms with Gasteiger partial charge in [0, 0.05) is 12.3 Å². The molecule has 0 saturated carbocycles. The van der Waals surface area contributed by atoms with Crippen LogP contribution in [0.15, 0.2) is 48.6 Å². The summed E-state index contributed by atoms with van der Waals surface area (Å²) in [7, 11) is 0. The molecule has 0 atom stereocenters. The number of rotatable bonds is 0. The summed E-state index contributed by atoms with van der Waals surface area (Å²) >= 11 is 5.97. The van der Waals surface area contributed by atoms with Gasteiger partial charge in [0.05, 0.1) is 11.1 Å². The molecule has 0 fully saturated rings. The number of allylic oxidation sites excluding steroid dienone is 4. The molecule has 0 saturated heterocycles. The Labute approximate surface area is 148 Å². The van der Waals surface area contributed by atoms with Crippen LogP contribution in [0.1, 0.15) is 50.4 Å². The fraction of sp³-hybridized carbons (Fsp3) is 0.300. The number of hydrogen-bond donors (Lipinski definition) is 0. The van der Waals surface area contributed by atoms with E-state index in [4.69, 9.17) is 16.9 Å². The molecular weight excluding hydrogens is 320 g/mol. The van der Waals surface area contributed by atoms with Gasteiger partial charge in [-0.15, -0.1) is 0 Å². The van der Waals surface area contributed by atoms with E-state index in [0.717, 1.165) is 0 Å². The normalized spacial score (nSPS) is 11.8. The van der Waals surface area contributed by atoms with Crippen molar-refractivity contribution in [2.75, 3.05) is 0 Å². The van der Waals surface area contributed by atoms with Crippen LogP contribution in [0.4, 0.5) is 0 Å². The Morgan fingerprint density at radius 3 is 2.17 bits per heavy atom. The lowest BCUT2D eigenvalue weighted by Crippen LogP contribution is -2.04. The summed E-state index contributed by atoms with van der Waals surface area (Å²) in [6, 6.07) is 9.17. The third-order valence-corrected chi connectivity index (χ3v) is 3.48. The number of para-hydroxylation sites is 1. The monoisotopic (exact) mass is 342 g/mol. The maximum atomic E-state index is 11.4. The second-order valence-electron chi connectivity index (χ2n) is 5.29. The summed E-state index contributed by atoms with van der Waals surface area (Å²) in [5, 5.41) is 9.85. The lowest BCUT2D eigenvalue weighted by Gasteiger charge is -1.99. The Balaban J connectivity index is 0.000000265. The largest absolute Gasteiger partial charge is 0.274 e. The van der Waals surface area contributed by atoms with E-state index in [0.29, 0.717) is 16.5 Å². The van der Waals surface area contributed by atoms with Gasteiger partial charge in [-0.3, -0.25) is 9.36 Å². The van der Waals surface area contributed by atoms with Gasteiger partial charge in [-0.25, -0.2) is 0 Å². The average molecular weight is 343 g/mol. The number of aromatic nitrogens is 1. The van der Waals surface area contributed by atoms with Crippen LogP contribution in [0.2, 0.25) is 5.15 Å². The number of fused-ring (bicyclic) bond motifs is 1. The second kappa shape index (κ2) is 10.5. The maximum absolute atomic E-state index is 11.4. The third-order valence-electron chi connectivity index (χ3n) is 3.13. The molecule has 1 aromatic carbocycles. The minimum atomic E-state index is -0.197. The van der Waals surface area contributed by atoms with Crippen LogP contribution < -0.4 is 0 Å². The van der Waals surface area contributed by atoms with E-state index >= 15 is 0 Å². The van der Waals surface area contributed by atoms with Gasteiger partial charge in [-0.1, -0.05) is 74.4 Å². The molecule has 1 aromatic heterocycles. The molecule has 0 aliphatic heterocycles. The van der Waals surface area contributed by atoms with Gasteiger partial charge >= 0.3 is 0 Å². The Hall–Kier alpha value is -2.31. The number of nitriles is 1. The molecule has 24 heavy (non-hydrogen) atoms. The van der Waals surface area contributed by atoms with Crippen molar-refractivity contribution in [3.63, 3.8) is 0 Å². The van der Waals surface area contributed by atoms with E-state index in [1.54, 1.807) is 18.2 Å². The summed E-state index contributed by atoms with van der Waals surface area (Å²) in [5.74, 6) is -0.197. The lowest BCUT2D eigenvalue weighted by atomic mass is 10.2. The number of carbonyl (C=O) groups excluding carboxylic acids is 1. The van der Waals surface area contributed by atoms with E-state index in [9.17, 15) is 4.79 Å². The molecule has 1 aliphatic carbocycles. The standard InChI is InChI=1S/C11H7ClN2O.C6H8.C3H8/c1-7(15)14-10-5-3-2-4-8(10)9(6-13)11(14)12;1-2-4-6-5-3-1;1-3-2/h2-5H,1H3;1-4H,5-6H2;3H2,1-2H3. The van der Waals surface area contributed by atoms with Crippen molar-refractivity contribution in [1.29, 1.82) is 5.26 Å². The molecule has 0 spiro atoms. The highest BCUT2D eigenvalue weighted by atomic mass is 35.5. The summed E-state index contributed by atoms with van der Waals surface area (Å²) in [5.41, 5.74) is 1.02. The van der Waals surface area contributed by atoms with Crippen LogP contribution in [0.3, 0.4) is 0 Å². The molecular formula is C20H23ClN2O. The zero-order valence-corrected chi connectivity index (χ0v) is 15.2. The van der Waals surface area contributed by atoms with Crippen molar-refractivity contribution < 1.29 is 4.79 Å². The van der Waals surface area contributed by atoms with Gasteiger partial charge in [0.2, 0.25) is 5.91 Å². The number of benzene rings is 1. The van der Waals surface area contributed by atoms with E-state index < -0.39 is 0 Å². The van der Waals surface area contributed by atoms with E-state index in [2.05, 4.69) is 38.2 Å². The fourth-order valence-electron chi connectivity index (χ4n) is 2.16. The summed E-state index contributed by atoms with van der Waals surface area (Å²) in [6.45, 7) is 5.67. The van der Waals surface area contributed by atoms with Crippen LogP contribution >= 0.6 is 11.6 Å². The third kappa shape index (κ3) is 5.11. The first-order chi connectivity index (χ1) is 11.6. The highest BCUT2D eigenvalue weighted by Crippen LogP contribution is 2.28. The number of nitrogens with zero attached hydrogens (tertiary/aromatic N) is 2. The zero-order chi connectivity index (χ0) is 17.9. The fourth-order valence-corrected chi connectivity index (χ4v) is 2.52.